The third-order valence-electron chi connectivity index (χ3n) is 5.48. The number of hydrogen-bond donors (Lipinski definition) is 0. The topological polar surface area (TPSA) is 55.2 Å². The van der Waals surface area contributed by atoms with Crippen LogP contribution >= 0.6 is 11.3 Å². The van der Waals surface area contributed by atoms with E-state index in [-0.39, 0.29) is 17.5 Å². The minimum Gasteiger partial charge on any atom is -0.343 e. The zero-order chi connectivity index (χ0) is 17.0. The number of piperidine rings is 1. The number of carbonyl (C=O) groups excluding carboxylic acids is 1. The summed E-state index contributed by atoms with van der Waals surface area (Å²) < 4.78 is 1.98. The molecule has 4 rings (SSSR count). The van der Waals surface area contributed by atoms with E-state index in [4.69, 9.17) is 4.98 Å². The Bertz CT molecular complexity index is 870. The van der Waals surface area contributed by atoms with Gasteiger partial charge in [0.2, 0.25) is 5.91 Å². The number of nitrogens with zero attached hydrogens (tertiary/aromatic N) is 3. The number of aromatic nitrogens is 2. The molecule has 0 atom stereocenters. The summed E-state index contributed by atoms with van der Waals surface area (Å²) in [6, 6.07) is 0.167. The van der Waals surface area contributed by atoms with Gasteiger partial charge >= 0.3 is 0 Å². The van der Waals surface area contributed by atoms with Crippen LogP contribution in [0.2, 0.25) is 0 Å². The molecule has 1 aliphatic heterocycles. The molecule has 2 aliphatic rings. The highest BCUT2D eigenvalue weighted by Crippen LogP contribution is 2.41. The summed E-state index contributed by atoms with van der Waals surface area (Å²) in [5, 5.41) is 0.802. The van der Waals surface area contributed by atoms with Crippen LogP contribution < -0.4 is 5.56 Å². The summed E-state index contributed by atoms with van der Waals surface area (Å²) in [4.78, 5) is 33.7. The molecule has 1 amide bonds. The molecule has 0 spiro atoms. The fourth-order valence-corrected chi connectivity index (χ4v) is 4.77. The smallest absolute Gasteiger partial charge is 0.262 e. The zero-order valence-electron chi connectivity index (χ0n) is 14.5. The monoisotopic (exact) mass is 345 g/mol. The zero-order valence-corrected chi connectivity index (χ0v) is 15.3. The van der Waals surface area contributed by atoms with Crippen molar-refractivity contribution in [3.63, 3.8) is 0 Å². The van der Waals surface area contributed by atoms with Gasteiger partial charge in [-0.05, 0) is 45.1 Å². The molecule has 24 heavy (non-hydrogen) atoms. The maximum Gasteiger partial charge on any atom is 0.262 e. The van der Waals surface area contributed by atoms with E-state index >= 15 is 0 Å². The third-order valence-corrected chi connectivity index (χ3v) is 6.58. The third kappa shape index (κ3) is 2.48. The van der Waals surface area contributed by atoms with Gasteiger partial charge in [0, 0.05) is 36.9 Å². The van der Waals surface area contributed by atoms with Crippen molar-refractivity contribution < 1.29 is 4.79 Å². The van der Waals surface area contributed by atoms with Gasteiger partial charge in [0.05, 0.1) is 5.39 Å². The van der Waals surface area contributed by atoms with Crippen LogP contribution in [-0.2, 0) is 4.79 Å². The second kappa shape index (κ2) is 5.69. The molecule has 6 heteroatoms. The predicted octanol–water partition coefficient (Wildman–Crippen LogP) is 3.14. The standard InChI is InChI=1S/C18H23N3O2S/c1-10-11(2)24-17-15(10)18(23)21(16(19-17)13-4-5-13)14-6-8-20(9-7-14)12(3)22/h13-14H,4-9H2,1-3H3. The summed E-state index contributed by atoms with van der Waals surface area (Å²) in [5.74, 6) is 1.55. The predicted molar refractivity (Wildman–Crippen MR) is 95.9 cm³/mol. The Morgan fingerprint density at radius 1 is 1.17 bits per heavy atom. The van der Waals surface area contributed by atoms with Crippen LogP contribution in [0.25, 0.3) is 10.2 Å². The quantitative estimate of drug-likeness (QED) is 0.840. The Hall–Kier alpha value is -1.69. The highest BCUT2D eigenvalue weighted by atomic mass is 32.1. The van der Waals surface area contributed by atoms with Crippen LogP contribution in [0.1, 0.15) is 60.8 Å². The molecule has 0 bridgehead atoms. The largest absolute Gasteiger partial charge is 0.343 e. The van der Waals surface area contributed by atoms with Gasteiger partial charge in [-0.1, -0.05) is 0 Å². The molecular weight excluding hydrogens is 322 g/mol. The highest BCUT2D eigenvalue weighted by Gasteiger charge is 2.33. The lowest BCUT2D eigenvalue weighted by atomic mass is 10.0. The molecule has 0 unspecified atom stereocenters. The Labute approximate surface area is 145 Å². The SMILES string of the molecule is CC(=O)N1CCC(n2c(C3CC3)nc3sc(C)c(C)c3c2=O)CC1. The van der Waals surface area contributed by atoms with Crippen molar-refractivity contribution >= 4 is 27.5 Å². The fraction of sp³-hybridized carbons (Fsp3) is 0.611. The second-order valence-corrected chi connectivity index (χ2v) is 8.32. The van der Waals surface area contributed by atoms with Gasteiger partial charge < -0.3 is 4.90 Å². The molecule has 1 saturated carbocycles. The van der Waals surface area contributed by atoms with Crippen LogP contribution in [0.4, 0.5) is 0 Å². The van der Waals surface area contributed by atoms with Gasteiger partial charge in [0.25, 0.3) is 5.56 Å². The molecule has 128 valence electrons. The van der Waals surface area contributed by atoms with Crippen molar-refractivity contribution in [1.29, 1.82) is 0 Å². The molecule has 3 heterocycles. The van der Waals surface area contributed by atoms with Gasteiger partial charge in [-0.3, -0.25) is 14.2 Å². The van der Waals surface area contributed by atoms with Gasteiger partial charge in [-0.15, -0.1) is 11.3 Å². The van der Waals surface area contributed by atoms with E-state index in [0.717, 1.165) is 60.4 Å². The van der Waals surface area contributed by atoms with Crippen LogP contribution in [0.3, 0.4) is 0 Å². The molecule has 2 aromatic heterocycles. The molecule has 1 saturated heterocycles. The number of likely N-dealkylation sites (tertiary alicyclic amines) is 1. The molecule has 5 nitrogen and oxygen atoms in total. The van der Waals surface area contributed by atoms with Gasteiger partial charge in [0.1, 0.15) is 10.7 Å². The highest BCUT2D eigenvalue weighted by molar-refractivity contribution is 7.18. The number of hydrogen-bond acceptors (Lipinski definition) is 4. The summed E-state index contributed by atoms with van der Waals surface area (Å²) in [6.07, 6.45) is 3.95. The van der Waals surface area contributed by atoms with E-state index in [2.05, 4.69) is 6.92 Å². The summed E-state index contributed by atoms with van der Waals surface area (Å²) >= 11 is 1.63. The van der Waals surface area contributed by atoms with E-state index < -0.39 is 0 Å². The average molecular weight is 345 g/mol. The molecular formula is C18H23N3O2S. The molecule has 2 fully saturated rings. The van der Waals surface area contributed by atoms with Gasteiger partial charge in [0.15, 0.2) is 0 Å². The van der Waals surface area contributed by atoms with Crippen molar-refractivity contribution in [2.75, 3.05) is 13.1 Å². The normalized spacial score (nSPS) is 19.2. The number of fused-ring (bicyclic) bond motifs is 1. The summed E-state index contributed by atoms with van der Waals surface area (Å²) in [6.45, 7) is 7.17. The maximum atomic E-state index is 13.3. The lowest BCUT2D eigenvalue weighted by Gasteiger charge is -2.33. The Morgan fingerprint density at radius 2 is 1.83 bits per heavy atom. The Balaban J connectivity index is 1.80. The van der Waals surface area contributed by atoms with E-state index in [1.165, 1.54) is 4.88 Å². The lowest BCUT2D eigenvalue weighted by Crippen LogP contribution is -2.40. The summed E-state index contributed by atoms with van der Waals surface area (Å²) in [5.41, 5.74) is 1.20. The molecule has 0 aromatic carbocycles. The van der Waals surface area contributed by atoms with Crippen molar-refractivity contribution in [2.24, 2.45) is 0 Å². The Kier molecular flexibility index (Phi) is 3.75. The van der Waals surface area contributed by atoms with Crippen LogP contribution in [0.15, 0.2) is 4.79 Å². The van der Waals surface area contributed by atoms with Crippen molar-refractivity contribution in [3.8, 4) is 0 Å². The number of thiophene rings is 1. The van der Waals surface area contributed by atoms with Gasteiger partial charge in [-0.25, -0.2) is 4.98 Å². The van der Waals surface area contributed by atoms with Crippen molar-refractivity contribution in [3.05, 3.63) is 26.6 Å². The van der Waals surface area contributed by atoms with Crippen LogP contribution in [0, 0.1) is 13.8 Å². The molecule has 1 aliphatic carbocycles. The minimum atomic E-state index is 0.126. The van der Waals surface area contributed by atoms with Crippen LogP contribution in [0.5, 0.6) is 0 Å². The number of aryl methyl sites for hydroxylation is 2. The molecule has 2 aromatic rings. The van der Waals surface area contributed by atoms with Gasteiger partial charge in [-0.2, -0.15) is 0 Å². The van der Waals surface area contributed by atoms with E-state index in [1.807, 2.05) is 16.4 Å². The first-order chi connectivity index (χ1) is 11.5. The number of amides is 1. The first-order valence-electron chi connectivity index (χ1n) is 8.75. The first-order valence-corrected chi connectivity index (χ1v) is 9.56. The fourth-order valence-electron chi connectivity index (χ4n) is 3.74. The second-order valence-electron chi connectivity index (χ2n) is 7.12. The van der Waals surface area contributed by atoms with E-state index in [1.54, 1.807) is 18.3 Å². The molecule has 0 radical (unpaired) electrons. The maximum absolute atomic E-state index is 13.3. The number of rotatable bonds is 2. The summed E-state index contributed by atoms with van der Waals surface area (Å²) in [7, 11) is 0. The lowest BCUT2D eigenvalue weighted by molar-refractivity contribution is -0.130. The average Bonchev–Trinajstić information content (AvgIpc) is 3.35. The van der Waals surface area contributed by atoms with Crippen molar-refractivity contribution in [2.45, 2.75) is 58.4 Å². The van der Waals surface area contributed by atoms with E-state index in [0.29, 0.717) is 5.92 Å². The van der Waals surface area contributed by atoms with Crippen LogP contribution in [-0.4, -0.2) is 33.4 Å². The Morgan fingerprint density at radius 3 is 2.42 bits per heavy atom. The van der Waals surface area contributed by atoms with E-state index in [9.17, 15) is 9.59 Å². The van der Waals surface area contributed by atoms with Crippen molar-refractivity contribution in [1.82, 2.24) is 14.5 Å². The molecule has 0 N–H and O–H groups in total. The number of carbonyl (C=O) groups is 1. The minimum absolute atomic E-state index is 0.126. The first kappa shape index (κ1) is 15.8.